The van der Waals surface area contributed by atoms with E-state index >= 15 is 0 Å². The van der Waals surface area contributed by atoms with Crippen molar-refractivity contribution in [1.82, 2.24) is 5.32 Å². The van der Waals surface area contributed by atoms with E-state index in [2.05, 4.69) is 10.6 Å². The van der Waals surface area contributed by atoms with Crippen molar-refractivity contribution in [3.8, 4) is 5.75 Å². The van der Waals surface area contributed by atoms with E-state index in [9.17, 15) is 9.90 Å². The quantitative estimate of drug-likeness (QED) is 0.704. The molecule has 0 spiro atoms. The Kier molecular flexibility index (Phi) is 4.83. The van der Waals surface area contributed by atoms with Crippen LogP contribution in [-0.4, -0.2) is 37.3 Å². The van der Waals surface area contributed by atoms with Crippen molar-refractivity contribution in [2.24, 2.45) is 5.92 Å². The van der Waals surface area contributed by atoms with Crippen molar-refractivity contribution in [2.45, 2.75) is 31.6 Å². The van der Waals surface area contributed by atoms with Gasteiger partial charge in [0.25, 0.3) is 0 Å². The Hall–Kier alpha value is -1.75. The Balaban J connectivity index is 1.49. The fraction of sp³-hybridized carbons (Fsp3) is 0.588. The van der Waals surface area contributed by atoms with E-state index in [1.807, 2.05) is 18.2 Å². The lowest BCUT2D eigenvalue weighted by Gasteiger charge is -2.22. The molecule has 0 saturated carbocycles. The molecule has 1 aromatic rings. The summed E-state index contributed by atoms with van der Waals surface area (Å²) in [6.07, 6.45) is 4.83. The van der Waals surface area contributed by atoms with Gasteiger partial charge in [-0.15, -0.1) is 0 Å². The summed E-state index contributed by atoms with van der Waals surface area (Å²) in [6.45, 7) is 3.44. The number of carboxylic acid groups (broad SMARTS) is 1. The van der Waals surface area contributed by atoms with E-state index in [0.29, 0.717) is 13.2 Å². The highest BCUT2D eigenvalue weighted by atomic mass is 16.5. The molecule has 0 bridgehead atoms. The number of carbonyl (C=O) groups is 1. The van der Waals surface area contributed by atoms with Crippen LogP contribution in [0.1, 0.15) is 37.2 Å². The van der Waals surface area contributed by atoms with Gasteiger partial charge < -0.3 is 20.5 Å². The summed E-state index contributed by atoms with van der Waals surface area (Å²) < 4.78 is 5.81. The van der Waals surface area contributed by atoms with Crippen LogP contribution in [0.3, 0.4) is 0 Å². The molecule has 0 amide bonds. The van der Waals surface area contributed by atoms with Crippen LogP contribution in [0.25, 0.3) is 0 Å². The fourth-order valence-electron chi connectivity index (χ4n) is 3.35. The van der Waals surface area contributed by atoms with E-state index in [0.717, 1.165) is 42.4 Å². The number of fused-ring (bicyclic) bond motifs is 1. The summed E-state index contributed by atoms with van der Waals surface area (Å²) in [5, 5.41) is 15.8. The van der Waals surface area contributed by atoms with Crippen molar-refractivity contribution in [3.05, 3.63) is 23.8 Å². The summed E-state index contributed by atoms with van der Waals surface area (Å²) in [5.74, 6) is 0.300. The number of piperidine rings is 1. The van der Waals surface area contributed by atoms with Gasteiger partial charge in [0, 0.05) is 12.2 Å². The lowest BCUT2D eigenvalue weighted by molar-refractivity contribution is -0.138. The van der Waals surface area contributed by atoms with Gasteiger partial charge in [0.1, 0.15) is 11.7 Å². The Bertz CT molecular complexity index is 527. The first-order valence-corrected chi connectivity index (χ1v) is 8.18. The molecule has 0 aromatic heterocycles. The summed E-state index contributed by atoms with van der Waals surface area (Å²) >= 11 is 0. The monoisotopic (exact) mass is 304 g/mol. The van der Waals surface area contributed by atoms with Crippen LogP contribution < -0.4 is 15.4 Å². The molecule has 22 heavy (non-hydrogen) atoms. The van der Waals surface area contributed by atoms with Gasteiger partial charge in [-0.25, -0.2) is 0 Å². The third kappa shape index (κ3) is 3.53. The third-order valence-electron chi connectivity index (χ3n) is 4.62. The van der Waals surface area contributed by atoms with Crippen molar-refractivity contribution in [3.63, 3.8) is 0 Å². The lowest BCUT2D eigenvalue weighted by Crippen LogP contribution is -2.29. The van der Waals surface area contributed by atoms with E-state index in [1.54, 1.807) is 0 Å². The number of benzene rings is 1. The lowest BCUT2D eigenvalue weighted by atomic mass is 9.95. The Labute approximate surface area is 131 Å². The first kappa shape index (κ1) is 15.2. The topological polar surface area (TPSA) is 70.6 Å². The van der Waals surface area contributed by atoms with Gasteiger partial charge in [0.2, 0.25) is 0 Å². The van der Waals surface area contributed by atoms with Crippen LogP contribution in [0.15, 0.2) is 18.2 Å². The second-order valence-corrected chi connectivity index (χ2v) is 6.22. The molecule has 3 rings (SSSR count). The number of carboxylic acids is 1. The SMILES string of the molecule is O=C(O)C1CNc2ccc(OCCCC3CCCNC3)cc21. The number of ether oxygens (including phenoxy) is 1. The number of hydrogen-bond donors (Lipinski definition) is 3. The predicted octanol–water partition coefficient (Wildman–Crippen LogP) is 2.44. The maximum Gasteiger partial charge on any atom is 0.312 e. The summed E-state index contributed by atoms with van der Waals surface area (Å²) in [6, 6.07) is 5.70. The molecule has 2 atom stereocenters. The maximum absolute atomic E-state index is 11.2. The van der Waals surface area contributed by atoms with Crippen LogP contribution in [0, 0.1) is 5.92 Å². The van der Waals surface area contributed by atoms with Crippen molar-refractivity contribution >= 4 is 11.7 Å². The average Bonchev–Trinajstić information content (AvgIpc) is 2.96. The van der Waals surface area contributed by atoms with Gasteiger partial charge in [-0.2, -0.15) is 0 Å². The van der Waals surface area contributed by atoms with Crippen molar-refractivity contribution in [2.75, 3.05) is 31.6 Å². The van der Waals surface area contributed by atoms with E-state index in [-0.39, 0.29) is 0 Å². The van der Waals surface area contributed by atoms with E-state index in [4.69, 9.17) is 4.74 Å². The summed E-state index contributed by atoms with van der Waals surface area (Å²) in [7, 11) is 0. The van der Waals surface area contributed by atoms with Crippen molar-refractivity contribution in [1.29, 1.82) is 0 Å². The fourth-order valence-corrected chi connectivity index (χ4v) is 3.35. The molecular formula is C17H24N2O3. The first-order chi connectivity index (χ1) is 10.7. The number of anilines is 1. The number of rotatable bonds is 6. The molecule has 2 unspecified atom stereocenters. The molecule has 0 radical (unpaired) electrons. The zero-order valence-corrected chi connectivity index (χ0v) is 12.8. The Morgan fingerprint density at radius 1 is 1.36 bits per heavy atom. The Morgan fingerprint density at radius 2 is 2.27 bits per heavy atom. The highest BCUT2D eigenvalue weighted by Crippen LogP contribution is 2.34. The van der Waals surface area contributed by atoms with Gasteiger partial charge in [-0.3, -0.25) is 4.79 Å². The highest BCUT2D eigenvalue weighted by molar-refractivity contribution is 5.82. The zero-order valence-electron chi connectivity index (χ0n) is 12.8. The standard InChI is InChI=1S/C17H24N2O3/c20-17(21)15-11-19-16-6-5-13(9-14(15)16)22-8-2-4-12-3-1-7-18-10-12/h5-6,9,12,15,18-19H,1-4,7-8,10-11H2,(H,20,21). The van der Waals surface area contributed by atoms with Crippen LogP contribution in [-0.2, 0) is 4.79 Å². The molecule has 1 aromatic carbocycles. The van der Waals surface area contributed by atoms with Crippen molar-refractivity contribution < 1.29 is 14.6 Å². The molecule has 0 aliphatic carbocycles. The predicted molar refractivity (Wildman–Crippen MR) is 85.6 cm³/mol. The second-order valence-electron chi connectivity index (χ2n) is 6.22. The molecular weight excluding hydrogens is 280 g/mol. The number of aliphatic carboxylic acids is 1. The van der Waals surface area contributed by atoms with Gasteiger partial charge in [0.15, 0.2) is 0 Å². The number of nitrogens with one attached hydrogen (secondary N) is 2. The van der Waals surface area contributed by atoms with E-state index in [1.165, 1.54) is 19.3 Å². The molecule has 2 aliphatic heterocycles. The molecule has 1 fully saturated rings. The first-order valence-electron chi connectivity index (χ1n) is 8.18. The molecule has 3 N–H and O–H groups in total. The van der Waals surface area contributed by atoms with Crippen LogP contribution in [0.4, 0.5) is 5.69 Å². The van der Waals surface area contributed by atoms with Crippen LogP contribution in [0.5, 0.6) is 5.75 Å². The van der Waals surface area contributed by atoms with Crippen LogP contribution >= 0.6 is 0 Å². The molecule has 2 aliphatic rings. The molecule has 5 heteroatoms. The van der Waals surface area contributed by atoms with Gasteiger partial charge in [0.05, 0.1) is 6.61 Å². The maximum atomic E-state index is 11.2. The minimum absolute atomic E-state index is 0.461. The average molecular weight is 304 g/mol. The summed E-state index contributed by atoms with van der Waals surface area (Å²) in [4.78, 5) is 11.2. The van der Waals surface area contributed by atoms with Crippen LogP contribution in [0.2, 0.25) is 0 Å². The van der Waals surface area contributed by atoms with Gasteiger partial charge in [-0.1, -0.05) is 0 Å². The molecule has 1 saturated heterocycles. The summed E-state index contributed by atoms with van der Waals surface area (Å²) in [5.41, 5.74) is 1.74. The molecule has 5 nitrogen and oxygen atoms in total. The smallest absolute Gasteiger partial charge is 0.312 e. The minimum atomic E-state index is -0.784. The molecule has 120 valence electrons. The largest absolute Gasteiger partial charge is 0.494 e. The minimum Gasteiger partial charge on any atom is -0.494 e. The highest BCUT2D eigenvalue weighted by Gasteiger charge is 2.28. The van der Waals surface area contributed by atoms with Gasteiger partial charge in [-0.05, 0) is 68.5 Å². The normalized spacial score (nSPS) is 23.6. The Morgan fingerprint density at radius 3 is 3.05 bits per heavy atom. The van der Waals surface area contributed by atoms with Gasteiger partial charge >= 0.3 is 5.97 Å². The number of hydrogen-bond acceptors (Lipinski definition) is 4. The third-order valence-corrected chi connectivity index (χ3v) is 4.62. The second kappa shape index (κ2) is 7.01. The zero-order chi connectivity index (χ0) is 15.4. The van der Waals surface area contributed by atoms with E-state index < -0.39 is 11.9 Å². The molecule has 2 heterocycles.